The van der Waals surface area contributed by atoms with Crippen molar-refractivity contribution in [1.29, 1.82) is 5.26 Å². The molecule has 1 aromatic heterocycles. The molecule has 0 atom stereocenters. The molecule has 2 aliphatic rings. The molecule has 0 N–H and O–H groups in total. The van der Waals surface area contributed by atoms with E-state index in [4.69, 9.17) is 5.26 Å². The summed E-state index contributed by atoms with van der Waals surface area (Å²) in [5, 5.41) is 8.98. The minimum atomic E-state index is 0.275. The quantitative estimate of drug-likeness (QED) is 0.830. The predicted molar refractivity (Wildman–Crippen MR) is 79.7 cm³/mol. The van der Waals surface area contributed by atoms with Crippen LogP contribution in [0.15, 0.2) is 18.3 Å². The third kappa shape index (κ3) is 2.99. The van der Waals surface area contributed by atoms with E-state index in [0.717, 1.165) is 51.3 Å². The fourth-order valence-corrected chi connectivity index (χ4v) is 2.94. The maximum atomic E-state index is 12.3. The van der Waals surface area contributed by atoms with Gasteiger partial charge in [0.15, 0.2) is 0 Å². The Bertz CT molecular complexity index is 562. The summed E-state index contributed by atoms with van der Waals surface area (Å²) in [5.41, 5.74) is 0.631. The van der Waals surface area contributed by atoms with E-state index in [9.17, 15) is 4.79 Å². The van der Waals surface area contributed by atoms with Crippen molar-refractivity contribution in [3.05, 3.63) is 23.9 Å². The summed E-state index contributed by atoms with van der Waals surface area (Å²) in [7, 11) is 0. The topological polar surface area (TPSA) is 60.2 Å². The molecule has 0 bridgehead atoms. The summed E-state index contributed by atoms with van der Waals surface area (Å²) in [6.07, 6.45) is 5.95. The molecule has 2 fully saturated rings. The highest BCUT2D eigenvalue weighted by molar-refractivity contribution is 5.79. The number of carbonyl (C=O) groups is 1. The third-order valence-corrected chi connectivity index (χ3v) is 4.46. The minimum Gasteiger partial charge on any atom is -0.355 e. The van der Waals surface area contributed by atoms with E-state index < -0.39 is 0 Å². The summed E-state index contributed by atoms with van der Waals surface area (Å²) in [6.45, 7) is 3.27. The molecule has 1 aliphatic heterocycles. The van der Waals surface area contributed by atoms with Crippen LogP contribution in [0, 0.1) is 17.2 Å². The standard InChI is InChI=1S/C16H20N4O/c17-12-13-5-6-18-15(11-13)19-7-2-8-20(10-9-19)16(21)14-3-1-4-14/h5-6,11,14H,1-4,7-10H2. The molecule has 1 saturated heterocycles. The van der Waals surface area contributed by atoms with E-state index in [2.05, 4.69) is 16.0 Å². The van der Waals surface area contributed by atoms with Crippen LogP contribution in [0.4, 0.5) is 5.82 Å². The van der Waals surface area contributed by atoms with Gasteiger partial charge in [-0.25, -0.2) is 4.98 Å². The van der Waals surface area contributed by atoms with Crippen LogP contribution < -0.4 is 4.90 Å². The molecule has 0 spiro atoms. The Morgan fingerprint density at radius 2 is 2.10 bits per heavy atom. The van der Waals surface area contributed by atoms with Gasteiger partial charge in [0, 0.05) is 38.3 Å². The number of hydrogen-bond donors (Lipinski definition) is 0. The van der Waals surface area contributed by atoms with Crippen molar-refractivity contribution in [3.63, 3.8) is 0 Å². The highest BCUT2D eigenvalue weighted by atomic mass is 16.2. The number of anilines is 1. The Morgan fingerprint density at radius 1 is 1.24 bits per heavy atom. The lowest BCUT2D eigenvalue weighted by Gasteiger charge is -2.31. The molecule has 0 aromatic carbocycles. The van der Waals surface area contributed by atoms with Crippen LogP contribution in [0.5, 0.6) is 0 Å². The molecular formula is C16H20N4O. The van der Waals surface area contributed by atoms with E-state index in [1.807, 2.05) is 11.0 Å². The fraction of sp³-hybridized carbons (Fsp3) is 0.562. The summed E-state index contributed by atoms with van der Waals surface area (Å²) in [4.78, 5) is 20.9. The summed E-state index contributed by atoms with van der Waals surface area (Å²) in [5.74, 6) is 1.45. The Hall–Kier alpha value is -2.09. The van der Waals surface area contributed by atoms with Gasteiger partial charge >= 0.3 is 0 Å². The van der Waals surface area contributed by atoms with Crippen LogP contribution >= 0.6 is 0 Å². The van der Waals surface area contributed by atoms with Crippen molar-refractivity contribution in [1.82, 2.24) is 9.88 Å². The number of carbonyl (C=O) groups excluding carboxylic acids is 1. The SMILES string of the molecule is N#Cc1ccnc(N2CCCN(C(=O)C3CCC3)CC2)c1. The zero-order chi connectivity index (χ0) is 14.7. The van der Waals surface area contributed by atoms with Crippen LogP contribution in [0.3, 0.4) is 0 Å². The number of nitriles is 1. The molecule has 1 saturated carbocycles. The van der Waals surface area contributed by atoms with Crippen molar-refractivity contribution < 1.29 is 4.79 Å². The molecule has 1 amide bonds. The first-order valence-electron chi connectivity index (χ1n) is 7.68. The Morgan fingerprint density at radius 3 is 2.81 bits per heavy atom. The Kier molecular flexibility index (Phi) is 4.05. The highest BCUT2D eigenvalue weighted by Gasteiger charge is 2.30. The van der Waals surface area contributed by atoms with E-state index in [0.29, 0.717) is 11.5 Å². The van der Waals surface area contributed by atoms with Gasteiger partial charge in [0.05, 0.1) is 11.6 Å². The van der Waals surface area contributed by atoms with Crippen molar-refractivity contribution in [2.24, 2.45) is 5.92 Å². The largest absolute Gasteiger partial charge is 0.355 e. The second-order valence-electron chi connectivity index (χ2n) is 5.81. The van der Waals surface area contributed by atoms with E-state index in [-0.39, 0.29) is 5.92 Å². The summed E-state index contributed by atoms with van der Waals surface area (Å²) >= 11 is 0. The van der Waals surface area contributed by atoms with Gasteiger partial charge < -0.3 is 9.80 Å². The lowest BCUT2D eigenvalue weighted by atomic mass is 9.84. The summed E-state index contributed by atoms with van der Waals surface area (Å²) in [6, 6.07) is 5.69. The van der Waals surface area contributed by atoms with Crippen molar-refractivity contribution in [3.8, 4) is 6.07 Å². The third-order valence-electron chi connectivity index (χ3n) is 4.46. The first kappa shape index (κ1) is 13.9. The van der Waals surface area contributed by atoms with Gasteiger partial charge in [-0.05, 0) is 31.4 Å². The number of hydrogen-bond acceptors (Lipinski definition) is 4. The van der Waals surface area contributed by atoms with E-state index >= 15 is 0 Å². The van der Waals surface area contributed by atoms with Gasteiger partial charge in [-0.2, -0.15) is 5.26 Å². The molecule has 1 aliphatic carbocycles. The number of pyridine rings is 1. The molecular weight excluding hydrogens is 264 g/mol. The smallest absolute Gasteiger partial charge is 0.225 e. The van der Waals surface area contributed by atoms with E-state index in [1.165, 1.54) is 6.42 Å². The minimum absolute atomic E-state index is 0.275. The lowest BCUT2D eigenvalue weighted by Crippen LogP contribution is -2.41. The second kappa shape index (κ2) is 6.13. The molecule has 0 radical (unpaired) electrons. The zero-order valence-corrected chi connectivity index (χ0v) is 12.2. The van der Waals surface area contributed by atoms with Crippen molar-refractivity contribution >= 4 is 11.7 Å². The Labute approximate surface area is 125 Å². The molecule has 5 heteroatoms. The fourth-order valence-electron chi connectivity index (χ4n) is 2.94. The maximum Gasteiger partial charge on any atom is 0.225 e. The van der Waals surface area contributed by atoms with Crippen LogP contribution in [-0.2, 0) is 4.79 Å². The number of rotatable bonds is 2. The highest BCUT2D eigenvalue weighted by Crippen LogP contribution is 2.28. The zero-order valence-electron chi connectivity index (χ0n) is 12.2. The van der Waals surface area contributed by atoms with E-state index in [1.54, 1.807) is 12.3 Å². The Balaban J connectivity index is 1.65. The van der Waals surface area contributed by atoms with Crippen molar-refractivity contribution in [2.45, 2.75) is 25.7 Å². The van der Waals surface area contributed by atoms with Gasteiger partial charge in [-0.1, -0.05) is 6.42 Å². The molecule has 5 nitrogen and oxygen atoms in total. The second-order valence-corrected chi connectivity index (χ2v) is 5.81. The number of nitrogens with zero attached hydrogens (tertiary/aromatic N) is 4. The van der Waals surface area contributed by atoms with Gasteiger partial charge in [0.1, 0.15) is 5.82 Å². The van der Waals surface area contributed by atoms with Gasteiger partial charge in [-0.15, -0.1) is 0 Å². The van der Waals surface area contributed by atoms with Crippen LogP contribution in [0.25, 0.3) is 0 Å². The first-order valence-corrected chi connectivity index (χ1v) is 7.68. The normalized spacial score (nSPS) is 19.6. The van der Waals surface area contributed by atoms with Gasteiger partial charge in [0.25, 0.3) is 0 Å². The van der Waals surface area contributed by atoms with Gasteiger partial charge in [-0.3, -0.25) is 4.79 Å². The van der Waals surface area contributed by atoms with Crippen LogP contribution in [0.1, 0.15) is 31.2 Å². The molecule has 3 rings (SSSR count). The molecule has 1 aromatic rings. The average Bonchev–Trinajstić information content (AvgIpc) is 2.71. The van der Waals surface area contributed by atoms with Crippen molar-refractivity contribution in [2.75, 3.05) is 31.1 Å². The number of amides is 1. The first-order chi connectivity index (χ1) is 10.3. The summed E-state index contributed by atoms with van der Waals surface area (Å²) < 4.78 is 0. The molecule has 0 unspecified atom stereocenters. The van der Waals surface area contributed by atoms with Crippen LogP contribution in [0.2, 0.25) is 0 Å². The molecule has 21 heavy (non-hydrogen) atoms. The number of aromatic nitrogens is 1. The lowest BCUT2D eigenvalue weighted by molar-refractivity contribution is -0.137. The molecule has 110 valence electrons. The van der Waals surface area contributed by atoms with Gasteiger partial charge in [0.2, 0.25) is 5.91 Å². The predicted octanol–water partition coefficient (Wildman–Crippen LogP) is 1.79. The maximum absolute atomic E-state index is 12.3. The molecule has 2 heterocycles. The average molecular weight is 284 g/mol. The monoisotopic (exact) mass is 284 g/mol. The van der Waals surface area contributed by atoms with Crippen LogP contribution in [-0.4, -0.2) is 42.0 Å².